The van der Waals surface area contributed by atoms with E-state index < -0.39 is 133 Å². The maximum absolute atomic E-state index is 11.7. The lowest BCUT2D eigenvalue weighted by molar-refractivity contribution is -0.142. The second-order valence-electron chi connectivity index (χ2n) is 26.2. The van der Waals surface area contributed by atoms with E-state index >= 15 is 0 Å². The van der Waals surface area contributed by atoms with Crippen LogP contribution in [0.2, 0.25) is 0 Å². The number of alkyl carbamates (subject to hydrolysis) is 2. The molecule has 2 unspecified atom stereocenters. The molecule has 2 aliphatic rings. The number of urea groups is 1. The number of H-pyrrole nitrogens is 1. The van der Waals surface area contributed by atoms with E-state index in [1.165, 1.54) is 4.90 Å². The fourth-order valence-corrected chi connectivity index (χ4v) is 8.35. The van der Waals surface area contributed by atoms with Gasteiger partial charge in [-0.15, -0.1) is 0 Å². The van der Waals surface area contributed by atoms with Crippen LogP contribution in [0.25, 0.3) is 94.0 Å². The molecule has 137 heavy (non-hydrogen) atoms. The lowest BCUT2D eigenvalue weighted by Gasteiger charge is -2.17. The molecule has 0 aliphatic carbocycles. The predicted molar refractivity (Wildman–Crippen MR) is 463 cm³/mol. The minimum absolute atomic E-state index is 0.0225. The first-order valence-electron chi connectivity index (χ1n) is 39.0. The fraction of sp³-hybridized carbons (Fsp3) is 0.694. The van der Waals surface area contributed by atoms with Gasteiger partial charge in [0.2, 0.25) is 23.6 Å². The molecule has 0 bridgehead atoms. The standard InChI is InChI=1S/C9H15N5O3.C8H13N5O3.2C7H13N5O3.C7H12N4O3.C6H9N7O2.C6H12N6O3.2C6H11N5O4/c10-7(9(16)17)3-8(15)14-2-1-6(5-14)4-12-13-11;9-6(8(15)16)3-7(14)13-2-1-5(4-13)11-12-10;8-5(7(14)15)1-2-6(13)10-3-4-11-12-9;8-5(7(14)15)4-10-6(13)2-1-3-11-12-9;8-6(7(13)14)4-5(12)2-1-3-10-11-9;7-3(6(14)15)1-4-5(2-9-12-8)11-13-10-4;7-4(5(13)14)3-10-6(15)9-1-2-11-12-8;7-4(5(12)13)3-9-6(14)15-2-1-10-11-8;7-4(5(12)13)3-15-6(14)9-1-2-10-11-8/h6-7H,1-5,10H2,(H,16,17);5-6H,1-4,9H2,(H,15,16);2*5H,1-4,8H2,(H,10,13)(H,14,15);6H,1-4,8H2,(H,13,14);3H,1-2,7H2,(H,14,15)(H,10,11,13);4H,1-3,7H2,(H,13,14)(H2,9,10,15);2*4H,1-3,7H2,(H,9,14)(H,12,13)/t6?,7-;5?,6-;2*5-;6-;3-;3*4-/m000000000/s1. The molecule has 11 atom stereocenters. The molecule has 3 heterocycles. The van der Waals surface area contributed by atoms with Crippen molar-refractivity contribution in [2.45, 2.75) is 144 Å². The van der Waals surface area contributed by atoms with Crippen LogP contribution in [0.15, 0.2) is 46.0 Å². The van der Waals surface area contributed by atoms with Gasteiger partial charge in [0.15, 0.2) is 0 Å². The molecular formula is C62H109N47O28. The molecule has 0 radical (unpaired) electrons. The molecule has 0 spiro atoms. The number of nitrogens with two attached hydrogens (primary N) is 9. The van der Waals surface area contributed by atoms with Crippen molar-refractivity contribution < 1.29 is 137 Å². The van der Waals surface area contributed by atoms with Crippen LogP contribution in [-0.4, -0.2) is 357 Å². The summed E-state index contributed by atoms with van der Waals surface area (Å²) in [5.74, 6) is -11.9. The molecule has 2 saturated heterocycles. The number of aromatic amines is 1. The lowest BCUT2D eigenvalue weighted by atomic mass is 10.1. The molecule has 2 fully saturated rings. The van der Waals surface area contributed by atoms with Crippen molar-refractivity contribution in [3.05, 3.63) is 105 Å². The summed E-state index contributed by atoms with van der Waals surface area (Å²) in [6, 6.07) is -10.9. The van der Waals surface area contributed by atoms with Crippen molar-refractivity contribution in [3.63, 3.8) is 0 Å². The average molecular weight is 1960 g/mol. The summed E-state index contributed by atoms with van der Waals surface area (Å²) in [6.07, 6.45) is 0.589. The Labute approximate surface area is 770 Å². The molecule has 8 amide bonds. The molecule has 2 aliphatic heterocycles. The number of hydrogen-bond acceptors (Lipinski definition) is 39. The number of nitrogens with zero attached hydrogens (tertiary/aromatic N) is 31. The third-order valence-electron chi connectivity index (χ3n) is 15.5. The number of Topliss-reactive ketones (excluding diaryl/α,β-unsaturated/α-hetero) is 1. The van der Waals surface area contributed by atoms with Crippen molar-refractivity contribution in [1.82, 2.24) is 57.1 Å². The molecular weight excluding hydrogens is 1850 g/mol. The van der Waals surface area contributed by atoms with E-state index in [2.05, 4.69) is 147 Å². The number of aliphatic carboxylic acids is 9. The van der Waals surface area contributed by atoms with Crippen LogP contribution < -0.4 is 83.5 Å². The van der Waals surface area contributed by atoms with Crippen LogP contribution in [0.1, 0.15) is 82.0 Å². The van der Waals surface area contributed by atoms with Gasteiger partial charge in [0.05, 0.1) is 50.0 Å². The summed E-state index contributed by atoms with van der Waals surface area (Å²) < 4.78 is 8.97. The molecule has 75 nitrogen and oxygen atoms in total. The SMILES string of the molecule is [N-]=[N+]=NC1CCN(C(=O)C[C@H](N)C(=O)O)C1.[N-]=[N+]=NCC1CCN(C(=O)C[C@H](N)C(=O)O)C1.[N-]=[N+]=NCCCC(=O)C[C@H](N)C(=O)O.[N-]=[N+]=NCCCC(=O)NC[C@H](N)C(=O)O.[N-]=[N+]=NCCNC(=O)CC[C@H](N)C(=O)O.[N-]=[N+]=NCCNC(=O)NC[C@H](N)C(=O)O.[N-]=[N+]=NCCNC(=O)OC[C@H](N)C(=O)O.[N-]=[N+]=NCCOC(=O)NC[C@H](N)C(=O)O.[N-]=[N+]=NCc1n[nH]nc1C[C@H](N)C(=O)O. The highest BCUT2D eigenvalue weighted by Gasteiger charge is 2.30. The zero-order valence-corrected chi connectivity index (χ0v) is 72.8. The minimum Gasteiger partial charge on any atom is -0.480 e. The van der Waals surface area contributed by atoms with Crippen molar-refractivity contribution >= 4 is 101 Å². The summed E-state index contributed by atoms with van der Waals surface area (Å²) in [6.45, 7) is 2.75. The van der Waals surface area contributed by atoms with Crippen LogP contribution in [0.3, 0.4) is 0 Å². The molecule has 1 aromatic rings. The third kappa shape index (κ3) is 79.8. The number of carboxylic acids is 9. The Morgan fingerprint density at radius 2 is 0.788 bits per heavy atom. The van der Waals surface area contributed by atoms with Crippen molar-refractivity contribution in [2.75, 3.05) is 124 Å². The van der Waals surface area contributed by atoms with Crippen LogP contribution in [0.4, 0.5) is 14.4 Å². The van der Waals surface area contributed by atoms with Gasteiger partial charge < -0.3 is 149 Å². The maximum Gasteiger partial charge on any atom is 0.407 e. The molecule has 0 saturated carbocycles. The number of nitrogens with one attached hydrogen (secondary N) is 7. The Hall–Kier alpha value is -16.8. The molecule has 760 valence electrons. The number of azide groups is 9. The summed E-state index contributed by atoms with van der Waals surface area (Å²) >= 11 is 0. The fourth-order valence-electron chi connectivity index (χ4n) is 8.35. The first-order valence-corrected chi connectivity index (χ1v) is 39.0. The highest BCUT2D eigenvalue weighted by atomic mass is 16.6. The molecule has 3 rings (SSSR count). The Balaban J connectivity index is -0.000000352. The molecule has 75 heteroatoms. The molecule has 34 N–H and O–H groups in total. The topological polar surface area (TPSA) is 1280 Å². The number of ketones is 1. The summed E-state index contributed by atoms with van der Waals surface area (Å²) in [7, 11) is 0. The summed E-state index contributed by atoms with van der Waals surface area (Å²) in [5, 5.41) is 129. The maximum atomic E-state index is 11.7. The number of aromatic nitrogens is 3. The lowest BCUT2D eigenvalue weighted by Crippen LogP contribution is -2.46. The highest BCUT2D eigenvalue weighted by molar-refractivity contribution is 5.87. The quantitative estimate of drug-likeness (QED) is 0.0132. The second-order valence-corrected chi connectivity index (χ2v) is 26.2. The van der Waals surface area contributed by atoms with Gasteiger partial charge in [-0.05, 0) is 87.8 Å². The number of ether oxygens (including phenoxy) is 2. The van der Waals surface area contributed by atoms with Gasteiger partial charge in [-0.3, -0.25) is 67.1 Å². The molecule has 0 aromatic carbocycles. The number of carbonyl (C=O) groups is 17. The van der Waals surface area contributed by atoms with Crippen LogP contribution in [-0.2, 0) is 89.6 Å². The van der Waals surface area contributed by atoms with Gasteiger partial charge >= 0.3 is 71.9 Å². The number of hydrogen-bond donors (Lipinski definition) is 25. The van der Waals surface area contributed by atoms with Gasteiger partial charge in [-0.25, -0.2) is 14.4 Å². The van der Waals surface area contributed by atoms with Crippen LogP contribution >= 0.6 is 0 Å². The second kappa shape index (κ2) is 84.7. The number of likely N-dealkylation sites (tertiary alicyclic amines) is 2. The van der Waals surface area contributed by atoms with Crippen LogP contribution in [0.5, 0.6) is 0 Å². The van der Waals surface area contributed by atoms with Gasteiger partial charge in [0.25, 0.3) is 0 Å². The monoisotopic (exact) mass is 1960 g/mol. The number of amides is 8. The minimum atomic E-state index is -1.25. The average Bonchev–Trinajstić information content (AvgIpc) is 1.76. The van der Waals surface area contributed by atoms with Gasteiger partial charge in [0.1, 0.15) is 66.8 Å². The number of carboxylic acid groups (broad SMARTS) is 9. The van der Waals surface area contributed by atoms with Crippen molar-refractivity contribution in [3.8, 4) is 0 Å². The van der Waals surface area contributed by atoms with Gasteiger partial charge in [-0.1, -0.05) is 46.0 Å². The largest absolute Gasteiger partial charge is 0.480 e. The van der Waals surface area contributed by atoms with Gasteiger partial charge in [-0.2, -0.15) is 15.4 Å². The van der Waals surface area contributed by atoms with E-state index in [1.807, 2.05) is 0 Å². The van der Waals surface area contributed by atoms with Crippen molar-refractivity contribution in [1.29, 1.82) is 0 Å². The highest BCUT2D eigenvalue weighted by Crippen LogP contribution is 2.18. The zero-order chi connectivity index (χ0) is 106. The van der Waals surface area contributed by atoms with E-state index in [-0.39, 0.29) is 184 Å². The van der Waals surface area contributed by atoms with Gasteiger partial charge in [0, 0.05) is 181 Å². The smallest absolute Gasteiger partial charge is 0.407 e. The van der Waals surface area contributed by atoms with Crippen LogP contribution in [0, 0.1) is 5.92 Å². The summed E-state index contributed by atoms with van der Waals surface area (Å²) in [4.78, 5) is 208. The summed E-state index contributed by atoms with van der Waals surface area (Å²) in [5.41, 5.74) is 119. The van der Waals surface area contributed by atoms with E-state index in [1.54, 1.807) is 4.90 Å². The van der Waals surface area contributed by atoms with Crippen molar-refractivity contribution in [2.24, 2.45) is 104 Å². The number of rotatable bonds is 53. The number of carbonyl (C=O) groups excluding carboxylic acids is 8. The Kier molecular flexibility index (Phi) is 80.9. The van der Waals surface area contributed by atoms with E-state index in [0.29, 0.717) is 63.4 Å². The Morgan fingerprint density at radius 3 is 1.26 bits per heavy atom. The van der Waals surface area contributed by atoms with E-state index in [9.17, 15) is 81.5 Å². The molecule has 1 aromatic heterocycles. The predicted octanol–water partition coefficient (Wildman–Crippen LogP) is -3.25. The zero-order valence-electron chi connectivity index (χ0n) is 72.8. The van der Waals surface area contributed by atoms with E-state index in [0.717, 1.165) is 6.42 Å². The Bertz CT molecular complexity index is 4110. The third-order valence-corrected chi connectivity index (χ3v) is 15.5. The normalized spacial score (nSPS) is 13.6. The first kappa shape index (κ1) is 131. The first-order chi connectivity index (χ1) is 64.7. The Morgan fingerprint density at radius 1 is 0.394 bits per heavy atom. The van der Waals surface area contributed by atoms with E-state index in [4.69, 9.17) is 147 Å².